The smallest absolute Gasteiger partial charge is 0.320 e. The highest BCUT2D eigenvalue weighted by atomic mass is 79.9. The summed E-state index contributed by atoms with van der Waals surface area (Å²) in [7, 11) is 0. The zero-order valence-electron chi connectivity index (χ0n) is 9.79. The molecule has 0 bridgehead atoms. The van der Waals surface area contributed by atoms with Crippen molar-refractivity contribution < 1.29 is 13.2 Å². The molecule has 2 aromatic rings. The highest BCUT2D eigenvalue weighted by Crippen LogP contribution is 2.35. The Bertz CT molecular complexity index is 564. The molecule has 0 aliphatic heterocycles. The largest absolute Gasteiger partial charge is 0.416 e. The van der Waals surface area contributed by atoms with E-state index in [1.165, 1.54) is 12.1 Å². The van der Waals surface area contributed by atoms with Gasteiger partial charge in [-0.1, -0.05) is 46.3 Å². The topological polar surface area (TPSA) is 26.0 Å². The number of alkyl halides is 3. The molecule has 0 amide bonds. The molecule has 0 aromatic heterocycles. The van der Waals surface area contributed by atoms with Gasteiger partial charge in [0.25, 0.3) is 0 Å². The predicted molar refractivity (Wildman–Crippen MR) is 71.6 cm³/mol. The lowest BCUT2D eigenvalue weighted by molar-refractivity contribution is -0.138. The number of halogens is 4. The Morgan fingerprint density at radius 3 is 2.11 bits per heavy atom. The molecular weight excluding hydrogens is 319 g/mol. The Morgan fingerprint density at radius 1 is 0.947 bits per heavy atom. The van der Waals surface area contributed by atoms with E-state index < -0.39 is 17.8 Å². The summed E-state index contributed by atoms with van der Waals surface area (Å²) in [6, 6.07) is 11.5. The Labute approximate surface area is 117 Å². The van der Waals surface area contributed by atoms with Crippen LogP contribution >= 0.6 is 15.9 Å². The van der Waals surface area contributed by atoms with Crippen LogP contribution in [0.5, 0.6) is 0 Å². The lowest BCUT2D eigenvalue weighted by Gasteiger charge is -2.18. The molecule has 2 rings (SSSR count). The minimum atomic E-state index is -4.40. The maximum Gasteiger partial charge on any atom is 0.416 e. The van der Waals surface area contributed by atoms with Crippen molar-refractivity contribution in [2.75, 3.05) is 0 Å². The quantitative estimate of drug-likeness (QED) is 0.861. The van der Waals surface area contributed by atoms with Gasteiger partial charge in [0.2, 0.25) is 0 Å². The Balaban J connectivity index is 2.44. The highest BCUT2D eigenvalue weighted by molar-refractivity contribution is 9.10. The van der Waals surface area contributed by atoms with E-state index in [0.717, 1.165) is 10.5 Å². The van der Waals surface area contributed by atoms with Crippen LogP contribution in [0, 0.1) is 0 Å². The van der Waals surface area contributed by atoms with Crippen molar-refractivity contribution in [3.63, 3.8) is 0 Å². The van der Waals surface area contributed by atoms with Gasteiger partial charge in [0.05, 0.1) is 11.6 Å². The van der Waals surface area contributed by atoms with Crippen LogP contribution in [-0.2, 0) is 6.18 Å². The van der Waals surface area contributed by atoms with Crippen molar-refractivity contribution >= 4 is 15.9 Å². The fourth-order valence-corrected chi connectivity index (χ4v) is 2.14. The molecule has 0 saturated heterocycles. The number of benzene rings is 2. The standard InChI is InChI=1S/C14H11BrF3N/c15-10-7-5-9(6-8-10)13(19)11-3-1-2-4-12(11)14(16,17)18/h1-8,13H,19H2. The van der Waals surface area contributed by atoms with E-state index in [2.05, 4.69) is 15.9 Å². The summed E-state index contributed by atoms with van der Waals surface area (Å²) < 4.78 is 39.6. The van der Waals surface area contributed by atoms with Gasteiger partial charge in [-0.25, -0.2) is 0 Å². The van der Waals surface area contributed by atoms with Gasteiger partial charge in [0.1, 0.15) is 0 Å². The fourth-order valence-electron chi connectivity index (χ4n) is 1.88. The van der Waals surface area contributed by atoms with Gasteiger partial charge >= 0.3 is 6.18 Å². The van der Waals surface area contributed by atoms with Gasteiger partial charge in [0.15, 0.2) is 0 Å². The molecule has 1 atom stereocenters. The van der Waals surface area contributed by atoms with Crippen LogP contribution in [0.1, 0.15) is 22.7 Å². The van der Waals surface area contributed by atoms with E-state index in [1.54, 1.807) is 30.3 Å². The zero-order valence-corrected chi connectivity index (χ0v) is 11.4. The van der Waals surface area contributed by atoms with E-state index in [0.29, 0.717) is 5.56 Å². The Morgan fingerprint density at radius 2 is 1.53 bits per heavy atom. The minimum Gasteiger partial charge on any atom is -0.320 e. The molecule has 0 radical (unpaired) electrons. The van der Waals surface area contributed by atoms with Crippen molar-refractivity contribution in [1.82, 2.24) is 0 Å². The van der Waals surface area contributed by atoms with Crippen molar-refractivity contribution in [1.29, 1.82) is 0 Å². The maximum atomic E-state index is 12.9. The van der Waals surface area contributed by atoms with Crippen molar-refractivity contribution in [3.8, 4) is 0 Å². The maximum absolute atomic E-state index is 12.9. The third-order valence-corrected chi connectivity index (χ3v) is 3.36. The molecule has 2 aromatic carbocycles. The van der Waals surface area contributed by atoms with Gasteiger partial charge in [-0.3, -0.25) is 0 Å². The number of hydrogen-bond acceptors (Lipinski definition) is 1. The SMILES string of the molecule is NC(c1ccc(Br)cc1)c1ccccc1C(F)(F)F. The second-order valence-electron chi connectivity index (χ2n) is 4.11. The van der Waals surface area contributed by atoms with Gasteiger partial charge < -0.3 is 5.73 Å². The van der Waals surface area contributed by atoms with Crippen LogP contribution in [0.2, 0.25) is 0 Å². The van der Waals surface area contributed by atoms with E-state index in [1.807, 2.05) is 0 Å². The number of nitrogens with two attached hydrogens (primary N) is 1. The Kier molecular flexibility index (Phi) is 3.96. The van der Waals surface area contributed by atoms with Crippen LogP contribution in [0.25, 0.3) is 0 Å². The Hall–Kier alpha value is -1.33. The van der Waals surface area contributed by atoms with Crippen LogP contribution in [0.3, 0.4) is 0 Å². The van der Waals surface area contributed by atoms with Crippen LogP contribution in [0.15, 0.2) is 53.0 Å². The molecule has 0 fully saturated rings. The molecule has 0 aliphatic rings. The fraction of sp³-hybridized carbons (Fsp3) is 0.143. The molecule has 1 nitrogen and oxygen atoms in total. The third kappa shape index (κ3) is 3.16. The summed E-state index contributed by atoms with van der Waals surface area (Å²) in [5.41, 5.74) is 5.98. The molecule has 5 heteroatoms. The number of rotatable bonds is 2. The van der Waals surface area contributed by atoms with E-state index in [4.69, 9.17) is 5.73 Å². The normalized spacial score (nSPS) is 13.3. The summed E-state index contributed by atoms with van der Waals surface area (Å²) in [4.78, 5) is 0. The molecule has 0 aliphatic carbocycles. The molecule has 0 heterocycles. The summed E-state index contributed by atoms with van der Waals surface area (Å²) in [5, 5.41) is 0. The molecule has 0 saturated carbocycles. The molecule has 0 spiro atoms. The zero-order chi connectivity index (χ0) is 14.0. The van der Waals surface area contributed by atoms with E-state index >= 15 is 0 Å². The van der Waals surface area contributed by atoms with E-state index in [9.17, 15) is 13.2 Å². The van der Waals surface area contributed by atoms with E-state index in [-0.39, 0.29) is 5.56 Å². The first-order valence-corrected chi connectivity index (χ1v) is 6.36. The average molecular weight is 330 g/mol. The summed E-state index contributed by atoms with van der Waals surface area (Å²) in [6.45, 7) is 0. The second kappa shape index (κ2) is 5.35. The molecule has 2 N–H and O–H groups in total. The second-order valence-corrected chi connectivity index (χ2v) is 5.03. The van der Waals surface area contributed by atoms with Crippen LogP contribution in [-0.4, -0.2) is 0 Å². The summed E-state index contributed by atoms with van der Waals surface area (Å²) >= 11 is 3.28. The van der Waals surface area contributed by atoms with Crippen molar-refractivity contribution in [2.24, 2.45) is 5.73 Å². The molecule has 1 unspecified atom stereocenters. The molecular formula is C14H11BrF3N. The van der Waals surface area contributed by atoms with Gasteiger partial charge in [0, 0.05) is 4.47 Å². The summed E-state index contributed by atoms with van der Waals surface area (Å²) in [6.07, 6.45) is -4.40. The summed E-state index contributed by atoms with van der Waals surface area (Å²) in [5.74, 6) is 0. The lowest BCUT2D eigenvalue weighted by Crippen LogP contribution is -2.18. The average Bonchev–Trinajstić information content (AvgIpc) is 2.38. The van der Waals surface area contributed by atoms with Gasteiger partial charge in [-0.2, -0.15) is 13.2 Å². The predicted octanol–water partition coefficient (Wildman–Crippen LogP) is 4.52. The first-order chi connectivity index (χ1) is 8.89. The minimum absolute atomic E-state index is 0.0809. The highest BCUT2D eigenvalue weighted by Gasteiger charge is 2.34. The van der Waals surface area contributed by atoms with Crippen molar-refractivity contribution in [3.05, 3.63) is 69.7 Å². The monoisotopic (exact) mass is 329 g/mol. The first-order valence-electron chi connectivity index (χ1n) is 5.57. The number of hydrogen-bond donors (Lipinski definition) is 1. The third-order valence-electron chi connectivity index (χ3n) is 2.83. The first kappa shape index (κ1) is 14.1. The van der Waals surface area contributed by atoms with Crippen LogP contribution in [0.4, 0.5) is 13.2 Å². The molecule has 19 heavy (non-hydrogen) atoms. The van der Waals surface area contributed by atoms with Crippen LogP contribution < -0.4 is 5.73 Å². The lowest BCUT2D eigenvalue weighted by atomic mass is 9.95. The van der Waals surface area contributed by atoms with Crippen molar-refractivity contribution in [2.45, 2.75) is 12.2 Å². The van der Waals surface area contributed by atoms with Gasteiger partial charge in [-0.05, 0) is 29.3 Å². The van der Waals surface area contributed by atoms with Gasteiger partial charge in [-0.15, -0.1) is 0 Å². The molecule has 100 valence electrons.